The number of hydrogen-bond acceptors (Lipinski definition) is 3. The Hall–Kier alpha value is -1.16. The van der Waals surface area contributed by atoms with Crippen LogP contribution in [0.3, 0.4) is 0 Å². The summed E-state index contributed by atoms with van der Waals surface area (Å²) in [7, 11) is 1.69. The maximum atomic E-state index is 12.5. The highest BCUT2D eigenvalue weighted by Gasteiger charge is 2.10. The fourth-order valence-electron chi connectivity index (χ4n) is 2.66. The van der Waals surface area contributed by atoms with Gasteiger partial charge in [-0.2, -0.15) is 8.78 Å². The Morgan fingerprint density at radius 1 is 1.19 bits per heavy atom. The van der Waals surface area contributed by atoms with Crippen molar-refractivity contribution in [1.29, 1.82) is 0 Å². The molecule has 8 heteroatoms. The highest BCUT2D eigenvalue weighted by atomic mass is 127. The van der Waals surface area contributed by atoms with Crippen LogP contribution in [0.1, 0.15) is 37.8 Å². The summed E-state index contributed by atoms with van der Waals surface area (Å²) >= 11 is 0. The van der Waals surface area contributed by atoms with E-state index in [1.165, 1.54) is 0 Å². The van der Waals surface area contributed by atoms with Crippen LogP contribution in [0.25, 0.3) is 0 Å². The summed E-state index contributed by atoms with van der Waals surface area (Å²) in [6.45, 7) is 7.85. The topological polar surface area (TPSA) is 48.9 Å². The molecule has 1 aromatic carbocycles. The van der Waals surface area contributed by atoms with E-state index in [4.69, 9.17) is 0 Å². The van der Waals surface area contributed by atoms with E-state index in [1.807, 2.05) is 13.0 Å². The van der Waals surface area contributed by atoms with Gasteiger partial charge in [0.25, 0.3) is 0 Å². The lowest BCUT2D eigenvalue weighted by molar-refractivity contribution is -0.0504. The molecule has 2 N–H and O–H groups in total. The molecule has 5 nitrogen and oxygen atoms in total. The van der Waals surface area contributed by atoms with Crippen LogP contribution in [0.4, 0.5) is 8.78 Å². The van der Waals surface area contributed by atoms with Crippen LogP contribution in [0, 0.1) is 6.92 Å². The Balaban J connectivity index is 0.00000676. The van der Waals surface area contributed by atoms with E-state index in [0.717, 1.165) is 44.6 Å². The lowest BCUT2D eigenvalue weighted by atomic mass is 10.1. The Labute approximate surface area is 179 Å². The van der Waals surface area contributed by atoms with Crippen molar-refractivity contribution in [2.45, 2.75) is 46.8 Å². The van der Waals surface area contributed by atoms with E-state index < -0.39 is 6.61 Å². The Morgan fingerprint density at radius 2 is 1.89 bits per heavy atom. The fourth-order valence-corrected chi connectivity index (χ4v) is 2.66. The molecule has 0 atom stereocenters. The minimum absolute atomic E-state index is 0. The fraction of sp³-hybridized carbons (Fsp3) is 0.632. The van der Waals surface area contributed by atoms with E-state index in [0.29, 0.717) is 18.1 Å². The maximum Gasteiger partial charge on any atom is 0.387 e. The van der Waals surface area contributed by atoms with Gasteiger partial charge in [0.05, 0.1) is 0 Å². The zero-order valence-corrected chi connectivity index (χ0v) is 19.1. The molecule has 0 saturated heterocycles. The van der Waals surface area contributed by atoms with Gasteiger partial charge in [0.2, 0.25) is 0 Å². The third kappa shape index (κ3) is 10.7. The van der Waals surface area contributed by atoms with Crippen molar-refractivity contribution in [3.8, 4) is 5.75 Å². The summed E-state index contributed by atoms with van der Waals surface area (Å²) in [5, 5.41) is 6.41. The van der Waals surface area contributed by atoms with E-state index >= 15 is 0 Å². The van der Waals surface area contributed by atoms with Crippen LogP contribution in [-0.4, -0.2) is 50.7 Å². The van der Waals surface area contributed by atoms with Gasteiger partial charge >= 0.3 is 6.61 Å². The summed E-state index contributed by atoms with van der Waals surface area (Å²) in [6.07, 6.45) is 2.16. The van der Waals surface area contributed by atoms with E-state index in [2.05, 4.69) is 39.1 Å². The SMILES string of the molecule is CCN(CC)CCCCNC(=NC)NCc1cc(C)ccc1OC(F)F.I. The monoisotopic (exact) mass is 498 g/mol. The smallest absolute Gasteiger partial charge is 0.387 e. The number of unbranched alkanes of at least 4 members (excludes halogenated alkanes) is 1. The molecule has 0 aliphatic rings. The second-order valence-corrected chi connectivity index (χ2v) is 6.08. The van der Waals surface area contributed by atoms with Crippen LogP contribution in [0.15, 0.2) is 23.2 Å². The third-order valence-electron chi connectivity index (χ3n) is 4.19. The minimum Gasteiger partial charge on any atom is -0.434 e. The number of alkyl halides is 2. The quantitative estimate of drug-likeness (QED) is 0.210. The van der Waals surface area contributed by atoms with Crippen molar-refractivity contribution in [3.05, 3.63) is 29.3 Å². The Kier molecular flexibility index (Phi) is 14.2. The highest BCUT2D eigenvalue weighted by molar-refractivity contribution is 14.0. The number of rotatable bonds is 11. The number of guanidine groups is 1. The van der Waals surface area contributed by atoms with Crippen molar-refractivity contribution in [3.63, 3.8) is 0 Å². The lowest BCUT2D eigenvalue weighted by Crippen LogP contribution is -2.37. The first-order valence-electron chi connectivity index (χ1n) is 9.21. The molecule has 0 spiro atoms. The van der Waals surface area contributed by atoms with Gasteiger partial charge in [0.1, 0.15) is 5.75 Å². The highest BCUT2D eigenvalue weighted by Crippen LogP contribution is 2.21. The van der Waals surface area contributed by atoms with Gasteiger partial charge in [-0.1, -0.05) is 31.5 Å². The minimum atomic E-state index is -2.83. The first kappa shape index (κ1) is 25.8. The summed E-state index contributed by atoms with van der Waals surface area (Å²) in [4.78, 5) is 6.57. The molecule has 0 amide bonds. The van der Waals surface area contributed by atoms with E-state index in [-0.39, 0.29) is 29.7 Å². The second-order valence-electron chi connectivity index (χ2n) is 6.08. The first-order chi connectivity index (χ1) is 12.5. The van der Waals surface area contributed by atoms with Gasteiger partial charge in [0.15, 0.2) is 5.96 Å². The van der Waals surface area contributed by atoms with Crippen molar-refractivity contribution >= 4 is 29.9 Å². The molecule has 0 aliphatic heterocycles. The largest absolute Gasteiger partial charge is 0.434 e. The van der Waals surface area contributed by atoms with Crippen molar-refractivity contribution < 1.29 is 13.5 Å². The molecule has 0 saturated carbocycles. The van der Waals surface area contributed by atoms with Crippen LogP contribution in [0.5, 0.6) is 5.75 Å². The van der Waals surface area contributed by atoms with Gasteiger partial charge in [-0.05, 0) is 45.5 Å². The van der Waals surface area contributed by atoms with Gasteiger partial charge in [-0.3, -0.25) is 4.99 Å². The number of ether oxygens (including phenoxy) is 1. The second kappa shape index (κ2) is 14.8. The Bertz CT molecular complexity index is 555. The number of halogens is 3. The predicted molar refractivity (Wildman–Crippen MR) is 118 cm³/mol. The molecule has 1 rings (SSSR count). The normalized spacial score (nSPS) is 11.5. The summed E-state index contributed by atoms with van der Waals surface area (Å²) in [5.41, 5.74) is 1.66. The standard InChI is InChI=1S/C19H32F2N4O.HI/c1-5-25(6-2)12-8-7-11-23-19(22-4)24-14-16-13-15(3)9-10-17(16)26-18(20)21;/h9-10,13,18H,5-8,11-12,14H2,1-4H3,(H2,22,23,24);1H. The maximum absolute atomic E-state index is 12.5. The molecule has 0 bridgehead atoms. The molecular weight excluding hydrogens is 465 g/mol. The van der Waals surface area contributed by atoms with Crippen LogP contribution < -0.4 is 15.4 Å². The van der Waals surface area contributed by atoms with Gasteiger partial charge in [-0.15, -0.1) is 24.0 Å². The molecule has 0 unspecified atom stereocenters. The van der Waals surface area contributed by atoms with E-state index in [1.54, 1.807) is 19.2 Å². The zero-order chi connectivity index (χ0) is 19.4. The van der Waals surface area contributed by atoms with Gasteiger partial charge < -0.3 is 20.3 Å². The van der Waals surface area contributed by atoms with Crippen LogP contribution in [0.2, 0.25) is 0 Å². The summed E-state index contributed by atoms with van der Waals surface area (Å²) in [6, 6.07) is 5.16. The number of nitrogens with zero attached hydrogens (tertiary/aromatic N) is 2. The first-order valence-corrected chi connectivity index (χ1v) is 9.21. The molecule has 27 heavy (non-hydrogen) atoms. The molecule has 0 fully saturated rings. The van der Waals surface area contributed by atoms with Crippen LogP contribution >= 0.6 is 24.0 Å². The van der Waals surface area contributed by atoms with Crippen molar-refractivity contribution in [2.24, 2.45) is 4.99 Å². The number of benzene rings is 1. The van der Waals surface area contributed by atoms with Gasteiger partial charge in [-0.25, -0.2) is 0 Å². The molecule has 0 radical (unpaired) electrons. The number of aliphatic imine (C=N–C) groups is 1. The molecule has 0 heterocycles. The number of nitrogens with one attached hydrogen (secondary N) is 2. The average molecular weight is 498 g/mol. The van der Waals surface area contributed by atoms with Crippen molar-refractivity contribution in [1.82, 2.24) is 15.5 Å². The lowest BCUT2D eigenvalue weighted by Gasteiger charge is -2.18. The molecule has 0 aliphatic carbocycles. The summed E-state index contributed by atoms with van der Waals surface area (Å²) in [5.74, 6) is 0.838. The summed E-state index contributed by atoms with van der Waals surface area (Å²) < 4.78 is 29.6. The van der Waals surface area contributed by atoms with Gasteiger partial charge in [0, 0.05) is 25.7 Å². The van der Waals surface area contributed by atoms with E-state index in [9.17, 15) is 8.78 Å². The molecule has 156 valence electrons. The Morgan fingerprint density at radius 3 is 2.48 bits per heavy atom. The third-order valence-corrected chi connectivity index (χ3v) is 4.19. The average Bonchev–Trinajstić information content (AvgIpc) is 2.62. The molecular formula is C19H33F2IN4O. The van der Waals surface area contributed by atoms with Crippen LogP contribution in [-0.2, 0) is 6.54 Å². The molecule has 0 aromatic heterocycles. The zero-order valence-electron chi connectivity index (χ0n) is 16.7. The predicted octanol–water partition coefficient (Wildman–Crippen LogP) is 4.00. The number of hydrogen-bond donors (Lipinski definition) is 2. The van der Waals surface area contributed by atoms with Crippen molar-refractivity contribution in [2.75, 3.05) is 33.2 Å². The molecule has 1 aromatic rings. The number of aryl methyl sites for hydroxylation is 1.